The van der Waals surface area contributed by atoms with Crippen LogP contribution in [-0.2, 0) is 11.4 Å². The molecule has 1 aliphatic rings. The number of imide groups is 1. The first-order chi connectivity index (χ1) is 16.1. The second kappa shape index (κ2) is 9.25. The van der Waals surface area contributed by atoms with Crippen LogP contribution in [-0.4, -0.2) is 11.1 Å². The van der Waals surface area contributed by atoms with Crippen molar-refractivity contribution in [2.45, 2.75) is 6.61 Å². The standard InChI is InChI=1S/C27H18BrNO3S/c28-22-12-13-24(32-17-18-10-11-19-6-4-5-7-20(19)14-18)21(15-22)16-25-26(30)29(27(31)33-25)23-8-2-1-3-9-23/h1-16H,17H2/b25-16-. The molecule has 0 N–H and O–H groups in total. The molecule has 1 heterocycles. The van der Waals surface area contributed by atoms with E-state index in [9.17, 15) is 9.59 Å². The van der Waals surface area contributed by atoms with E-state index in [0.29, 0.717) is 22.9 Å². The lowest BCUT2D eigenvalue weighted by Crippen LogP contribution is -2.27. The fourth-order valence-corrected chi connectivity index (χ4v) is 4.87. The Bertz CT molecular complexity index is 1400. The summed E-state index contributed by atoms with van der Waals surface area (Å²) in [4.78, 5) is 27.1. The molecule has 5 rings (SSSR count). The molecule has 0 bridgehead atoms. The molecule has 1 fully saturated rings. The van der Waals surface area contributed by atoms with Gasteiger partial charge in [-0.15, -0.1) is 0 Å². The van der Waals surface area contributed by atoms with Gasteiger partial charge in [-0.2, -0.15) is 0 Å². The van der Waals surface area contributed by atoms with Gasteiger partial charge >= 0.3 is 0 Å². The molecule has 1 aliphatic heterocycles. The topological polar surface area (TPSA) is 46.6 Å². The van der Waals surface area contributed by atoms with E-state index in [4.69, 9.17) is 4.74 Å². The van der Waals surface area contributed by atoms with Gasteiger partial charge in [0.1, 0.15) is 12.4 Å². The zero-order chi connectivity index (χ0) is 22.8. The summed E-state index contributed by atoms with van der Waals surface area (Å²) in [5, 5.41) is 2.02. The van der Waals surface area contributed by atoms with E-state index in [1.54, 1.807) is 30.3 Å². The number of carbonyl (C=O) groups excluding carboxylic acids is 2. The van der Waals surface area contributed by atoms with E-state index in [1.165, 1.54) is 10.3 Å². The van der Waals surface area contributed by atoms with Gasteiger partial charge in [-0.1, -0.05) is 70.5 Å². The average molecular weight is 516 g/mol. The largest absolute Gasteiger partial charge is 0.488 e. The van der Waals surface area contributed by atoms with Crippen molar-refractivity contribution in [3.8, 4) is 5.75 Å². The van der Waals surface area contributed by atoms with E-state index in [2.05, 4.69) is 40.2 Å². The van der Waals surface area contributed by atoms with Gasteiger partial charge in [0, 0.05) is 10.0 Å². The summed E-state index contributed by atoms with van der Waals surface area (Å²) in [5.41, 5.74) is 2.33. The van der Waals surface area contributed by atoms with Crippen molar-refractivity contribution < 1.29 is 14.3 Å². The lowest BCUT2D eigenvalue weighted by molar-refractivity contribution is -0.113. The second-order valence-electron chi connectivity index (χ2n) is 7.50. The Kier molecular flexibility index (Phi) is 6.03. The van der Waals surface area contributed by atoms with Crippen LogP contribution >= 0.6 is 27.7 Å². The van der Waals surface area contributed by atoms with Crippen LogP contribution in [0.15, 0.2) is 100 Å². The maximum absolute atomic E-state index is 13.0. The Morgan fingerprint density at radius 3 is 2.42 bits per heavy atom. The number of hydrogen-bond donors (Lipinski definition) is 0. The maximum Gasteiger partial charge on any atom is 0.298 e. The molecular formula is C27H18BrNO3S. The zero-order valence-corrected chi connectivity index (χ0v) is 19.8. The molecule has 0 atom stereocenters. The maximum atomic E-state index is 13.0. The molecule has 4 aromatic rings. The quantitative estimate of drug-likeness (QED) is 0.259. The number of thioether (sulfide) groups is 1. The highest BCUT2D eigenvalue weighted by atomic mass is 79.9. The van der Waals surface area contributed by atoms with Crippen molar-refractivity contribution in [3.63, 3.8) is 0 Å². The Morgan fingerprint density at radius 1 is 0.848 bits per heavy atom. The first kappa shape index (κ1) is 21.5. The summed E-state index contributed by atoms with van der Waals surface area (Å²) in [6.45, 7) is 0.388. The third-order valence-corrected chi connectivity index (χ3v) is 6.64. The first-order valence-corrected chi connectivity index (χ1v) is 11.9. The lowest BCUT2D eigenvalue weighted by Gasteiger charge is -2.12. The molecule has 162 valence electrons. The number of halogens is 1. The first-order valence-electron chi connectivity index (χ1n) is 10.3. The minimum Gasteiger partial charge on any atom is -0.488 e. The minimum atomic E-state index is -0.336. The average Bonchev–Trinajstić information content (AvgIpc) is 3.11. The van der Waals surface area contributed by atoms with Crippen LogP contribution in [0.3, 0.4) is 0 Å². The predicted octanol–water partition coefficient (Wildman–Crippen LogP) is 7.42. The van der Waals surface area contributed by atoms with E-state index in [0.717, 1.165) is 32.7 Å². The van der Waals surface area contributed by atoms with Gasteiger partial charge in [0.25, 0.3) is 11.1 Å². The Labute approximate surface area is 204 Å². The van der Waals surface area contributed by atoms with Crippen molar-refractivity contribution >= 4 is 61.4 Å². The number of hydrogen-bond acceptors (Lipinski definition) is 4. The summed E-state index contributed by atoms with van der Waals surface area (Å²) < 4.78 is 6.98. The number of rotatable bonds is 5. The van der Waals surface area contributed by atoms with Gasteiger partial charge in [0.15, 0.2) is 0 Å². The number of amides is 2. The molecule has 0 aliphatic carbocycles. The highest BCUT2D eigenvalue weighted by molar-refractivity contribution is 9.10. The highest BCUT2D eigenvalue weighted by Crippen LogP contribution is 2.37. The summed E-state index contributed by atoms with van der Waals surface area (Å²) >= 11 is 4.42. The monoisotopic (exact) mass is 515 g/mol. The lowest BCUT2D eigenvalue weighted by atomic mass is 10.1. The molecule has 1 saturated heterocycles. The SMILES string of the molecule is O=C1S/C(=C\c2cc(Br)ccc2OCc2ccc3ccccc3c2)C(=O)N1c1ccccc1. The van der Waals surface area contributed by atoms with Crippen LogP contribution in [0, 0.1) is 0 Å². The molecule has 0 aromatic heterocycles. The minimum absolute atomic E-state index is 0.314. The smallest absolute Gasteiger partial charge is 0.298 e. The molecule has 0 radical (unpaired) electrons. The Morgan fingerprint density at radius 2 is 1.61 bits per heavy atom. The van der Waals surface area contributed by atoms with Crippen molar-refractivity contribution in [3.05, 3.63) is 112 Å². The normalized spacial score (nSPS) is 14.9. The van der Waals surface area contributed by atoms with E-state index < -0.39 is 0 Å². The van der Waals surface area contributed by atoms with Gasteiger partial charge in [-0.3, -0.25) is 9.59 Å². The Hall–Kier alpha value is -3.35. The van der Waals surface area contributed by atoms with Gasteiger partial charge in [0.2, 0.25) is 0 Å². The number of fused-ring (bicyclic) bond motifs is 1. The number of benzene rings is 4. The van der Waals surface area contributed by atoms with E-state index in [-0.39, 0.29) is 11.1 Å². The fraction of sp³-hybridized carbons (Fsp3) is 0.0370. The molecule has 0 saturated carbocycles. The third kappa shape index (κ3) is 4.58. The van der Waals surface area contributed by atoms with Crippen LogP contribution in [0.25, 0.3) is 16.8 Å². The Balaban J connectivity index is 1.41. The van der Waals surface area contributed by atoms with Crippen molar-refractivity contribution in [2.75, 3.05) is 4.90 Å². The van der Waals surface area contributed by atoms with Crippen molar-refractivity contribution in [1.82, 2.24) is 0 Å². The number of carbonyl (C=O) groups is 2. The third-order valence-electron chi connectivity index (χ3n) is 5.27. The molecule has 33 heavy (non-hydrogen) atoms. The summed E-state index contributed by atoms with van der Waals surface area (Å²) in [5.74, 6) is 0.300. The zero-order valence-electron chi connectivity index (χ0n) is 17.4. The molecule has 0 spiro atoms. The van der Waals surface area contributed by atoms with Gasteiger partial charge < -0.3 is 4.74 Å². The fourth-order valence-electron chi connectivity index (χ4n) is 3.66. The van der Waals surface area contributed by atoms with Gasteiger partial charge in [0.05, 0.1) is 10.6 Å². The summed E-state index contributed by atoms with van der Waals surface area (Å²) in [7, 11) is 0. The number of ether oxygens (including phenoxy) is 1. The van der Waals surface area contributed by atoms with Crippen LogP contribution in [0.2, 0.25) is 0 Å². The second-order valence-corrected chi connectivity index (χ2v) is 9.41. The van der Waals surface area contributed by atoms with E-state index >= 15 is 0 Å². The van der Waals surface area contributed by atoms with Crippen molar-refractivity contribution in [1.29, 1.82) is 0 Å². The van der Waals surface area contributed by atoms with Crippen LogP contribution < -0.4 is 9.64 Å². The molecule has 0 unspecified atom stereocenters. The van der Waals surface area contributed by atoms with Crippen LogP contribution in [0.4, 0.5) is 10.5 Å². The van der Waals surface area contributed by atoms with Crippen LogP contribution in [0.1, 0.15) is 11.1 Å². The van der Waals surface area contributed by atoms with Crippen molar-refractivity contribution in [2.24, 2.45) is 0 Å². The van der Waals surface area contributed by atoms with Gasteiger partial charge in [-0.25, -0.2) is 4.90 Å². The number of anilines is 1. The molecule has 2 amide bonds. The predicted molar refractivity (Wildman–Crippen MR) is 137 cm³/mol. The number of nitrogens with zero attached hydrogens (tertiary/aromatic N) is 1. The molecular weight excluding hydrogens is 498 g/mol. The van der Waals surface area contributed by atoms with Crippen LogP contribution in [0.5, 0.6) is 5.75 Å². The molecule has 4 aromatic carbocycles. The molecule has 6 heteroatoms. The highest BCUT2D eigenvalue weighted by Gasteiger charge is 2.36. The van der Waals surface area contributed by atoms with Gasteiger partial charge in [-0.05, 0) is 70.6 Å². The molecule has 4 nitrogen and oxygen atoms in total. The summed E-state index contributed by atoms with van der Waals surface area (Å²) in [6.07, 6.45) is 1.72. The summed E-state index contributed by atoms with van der Waals surface area (Å²) in [6, 6.07) is 29.0. The van der Waals surface area contributed by atoms with E-state index in [1.807, 2.05) is 42.5 Å². The number of para-hydroxylation sites is 1.